The number of anilines is 1. The van der Waals surface area contributed by atoms with Crippen LogP contribution in [0.1, 0.15) is 50.5 Å². The van der Waals surface area contributed by atoms with Crippen molar-refractivity contribution in [3.8, 4) is 5.75 Å². The first-order valence-corrected chi connectivity index (χ1v) is 14.4. The van der Waals surface area contributed by atoms with Gasteiger partial charge >= 0.3 is 5.97 Å². The molecule has 2 aliphatic rings. The van der Waals surface area contributed by atoms with Crippen LogP contribution in [0.3, 0.4) is 0 Å². The maximum Gasteiger partial charge on any atom is 0.338 e. The summed E-state index contributed by atoms with van der Waals surface area (Å²) in [5.41, 5.74) is 1.29. The molecule has 0 N–H and O–H groups in total. The molecule has 206 valence electrons. The maximum atomic E-state index is 14.1. The van der Waals surface area contributed by atoms with Crippen LogP contribution in [-0.4, -0.2) is 37.3 Å². The number of fused-ring (bicyclic) bond motifs is 2. The molecule has 0 aliphatic carbocycles. The van der Waals surface area contributed by atoms with E-state index in [0.29, 0.717) is 32.1 Å². The van der Waals surface area contributed by atoms with E-state index in [1.165, 1.54) is 17.8 Å². The van der Waals surface area contributed by atoms with Crippen LogP contribution in [0.15, 0.2) is 74.0 Å². The Bertz CT molecular complexity index is 1810. The third kappa shape index (κ3) is 4.54. The molecule has 2 aliphatic heterocycles. The van der Waals surface area contributed by atoms with Crippen molar-refractivity contribution in [1.82, 2.24) is 4.57 Å². The predicted molar refractivity (Wildman–Crippen MR) is 156 cm³/mol. The van der Waals surface area contributed by atoms with Gasteiger partial charge in [-0.05, 0) is 56.0 Å². The lowest BCUT2D eigenvalue weighted by Gasteiger charge is -2.27. The van der Waals surface area contributed by atoms with Crippen molar-refractivity contribution in [3.63, 3.8) is 0 Å². The van der Waals surface area contributed by atoms with Gasteiger partial charge in [0.25, 0.3) is 5.56 Å². The summed E-state index contributed by atoms with van der Waals surface area (Å²) in [6.45, 7) is 5.69. The van der Waals surface area contributed by atoms with Gasteiger partial charge < -0.3 is 18.8 Å². The molecule has 40 heavy (non-hydrogen) atoms. The molecule has 4 heterocycles. The Hall–Kier alpha value is -4.11. The van der Waals surface area contributed by atoms with Crippen molar-refractivity contribution in [2.75, 3.05) is 31.7 Å². The molecular weight excluding hydrogens is 526 g/mol. The molecule has 9 heteroatoms. The van der Waals surface area contributed by atoms with Gasteiger partial charge in [0.2, 0.25) is 0 Å². The number of ether oxygens (including phenoxy) is 2. The Labute approximate surface area is 235 Å². The van der Waals surface area contributed by atoms with Crippen LogP contribution in [0.4, 0.5) is 5.88 Å². The van der Waals surface area contributed by atoms with Crippen molar-refractivity contribution in [2.45, 2.75) is 39.2 Å². The van der Waals surface area contributed by atoms with Crippen molar-refractivity contribution in [1.29, 1.82) is 0 Å². The van der Waals surface area contributed by atoms with Crippen molar-refractivity contribution < 1.29 is 18.7 Å². The molecule has 1 atom stereocenters. The fraction of sp³-hybridized carbons (Fsp3) is 0.323. The van der Waals surface area contributed by atoms with Gasteiger partial charge in [0.05, 0.1) is 29.5 Å². The standard InChI is InChI=1S/C31H31N3O5S/c1-4-38-30(36)26-19(2)32-31-34(28(26)27-22-11-7-6-10-20(22)12-14-23(27)37-3)29(35)24(40-31)18-21-13-15-25(39-21)33-16-8-5-9-17-33/h6-7,10-15,18,28H,4-5,8-9,16-17H2,1-3H3/t28-/m1/s1. The molecule has 8 nitrogen and oxygen atoms in total. The molecule has 1 fully saturated rings. The summed E-state index contributed by atoms with van der Waals surface area (Å²) < 4.78 is 19.5. The van der Waals surface area contributed by atoms with E-state index < -0.39 is 12.0 Å². The molecule has 2 aromatic heterocycles. The summed E-state index contributed by atoms with van der Waals surface area (Å²) >= 11 is 1.28. The van der Waals surface area contributed by atoms with Crippen LogP contribution in [0, 0.1) is 0 Å². The molecule has 6 rings (SSSR count). The van der Waals surface area contributed by atoms with E-state index in [4.69, 9.17) is 18.9 Å². The summed E-state index contributed by atoms with van der Waals surface area (Å²) in [5, 5.41) is 1.86. The second kappa shape index (κ2) is 10.8. The van der Waals surface area contributed by atoms with Crippen LogP contribution in [0.25, 0.3) is 16.8 Å². The summed E-state index contributed by atoms with van der Waals surface area (Å²) in [6.07, 6.45) is 5.29. The third-order valence-electron chi connectivity index (χ3n) is 7.49. The number of methoxy groups -OCH3 is 1. The van der Waals surface area contributed by atoms with Crippen LogP contribution in [-0.2, 0) is 9.53 Å². The number of allylic oxidation sites excluding steroid dienone is 1. The van der Waals surface area contributed by atoms with E-state index in [9.17, 15) is 9.59 Å². The minimum Gasteiger partial charge on any atom is -0.496 e. The second-order valence-corrected chi connectivity index (χ2v) is 10.9. The van der Waals surface area contributed by atoms with E-state index in [-0.39, 0.29) is 12.2 Å². The zero-order valence-electron chi connectivity index (χ0n) is 22.8. The predicted octanol–water partition coefficient (Wildman–Crippen LogP) is 4.54. The third-order valence-corrected chi connectivity index (χ3v) is 8.48. The quantitative estimate of drug-likeness (QED) is 0.324. The number of carbonyl (C=O) groups is 1. The lowest BCUT2D eigenvalue weighted by molar-refractivity contribution is -0.139. The molecule has 0 spiro atoms. The van der Waals surface area contributed by atoms with Gasteiger partial charge in [-0.1, -0.05) is 41.7 Å². The van der Waals surface area contributed by atoms with Gasteiger partial charge in [0.1, 0.15) is 17.6 Å². The highest BCUT2D eigenvalue weighted by molar-refractivity contribution is 7.07. The molecule has 0 amide bonds. The molecule has 0 unspecified atom stereocenters. The molecule has 0 saturated carbocycles. The van der Waals surface area contributed by atoms with Crippen LogP contribution in [0.2, 0.25) is 0 Å². The summed E-state index contributed by atoms with van der Waals surface area (Å²) in [4.78, 5) is 34.9. The minimum atomic E-state index is -0.779. The average molecular weight is 558 g/mol. The average Bonchev–Trinajstić information content (AvgIpc) is 3.56. The van der Waals surface area contributed by atoms with E-state index in [1.54, 1.807) is 31.6 Å². The molecule has 0 bridgehead atoms. The second-order valence-electron chi connectivity index (χ2n) is 9.93. The largest absolute Gasteiger partial charge is 0.496 e. The number of hydrogen-bond donors (Lipinski definition) is 0. The van der Waals surface area contributed by atoms with Crippen molar-refractivity contribution >= 4 is 40.0 Å². The fourth-order valence-corrected chi connectivity index (χ4v) is 6.66. The zero-order valence-corrected chi connectivity index (χ0v) is 23.6. The van der Waals surface area contributed by atoms with Crippen molar-refractivity contribution in [3.05, 3.63) is 90.8 Å². The van der Waals surface area contributed by atoms with Gasteiger partial charge in [-0.15, -0.1) is 0 Å². The molecule has 2 aromatic carbocycles. The molecule has 0 radical (unpaired) electrons. The minimum absolute atomic E-state index is 0.206. The number of hydrogen-bond acceptors (Lipinski definition) is 8. The van der Waals surface area contributed by atoms with E-state index in [1.807, 2.05) is 48.5 Å². The van der Waals surface area contributed by atoms with Crippen LogP contribution in [0.5, 0.6) is 5.75 Å². The number of furan rings is 1. The van der Waals surface area contributed by atoms with Gasteiger partial charge in [-0.25, -0.2) is 9.79 Å². The molecular formula is C31H31N3O5S. The van der Waals surface area contributed by atoms with Crippen LogP contribution < -0.4 is 24.5 Å². The van der Waals surface area contributed by atoms with Crippen molar-refractivity contribution in [2.24, 2.45) is 4.99 Å². The lowest BCUT2D eigenvalue weighted by atomic mass is 9.90. The Morgan fingerprint density at radius 3 is 2.70 bits per heavy atom. The lowest BCUT2D eigenvalue weighted by Crippen LogP contribution is -2.40. The Balaban J connectivity index is 1.55. The first-order chi connectivity index (χ1) is 19.5. The highest BCUT2D eigenvalue weighted by Gasteiger charge is 2.36. The summed E-state index contributed by atoms with van der Waals surface area (Å²) in [6, 6.07) is 14.8. The normalized spacial score (nSPS) is 17.6. The highest BCUT2D eigenvalue weighted by Crippen LogP contribution is 2.40. The summed E-state index contributed by atoms with van der Waals surface area (Å²) in [7, 11) is 1.59. The van der Waals surface area contributed by atoms with Gasteiger partial charge in [0.15, 0.2) is 10.7 Å². The number of nitrogens with zero attached hydrogens (tertiary/aromatic N) is 3. The number of carbonyl (C=O) groups excluding carboxylic acids is 1. The number of piperidine rings is 1. The number of rotatable bonds is 6. The van der Waals surface area contributed by atoms with E-state index in [0.717, 1.165) is 48.2 Å². The smallest absolute Gasteiger partial charge is 0.338 e. The first-order valence-electron chi connectivity index (χ1n) is 13.6. The van der Waals surface area contributed by atoms with Gasteiger partial charge in [-0.2, -0.15) is 0 Å². The Morgan fingerprint density at radius 2 is 1.93 bits per heavy atom. The highest BCUT2D eigenvalue weighted by atomic mass is 32.1. The Morgan fingerprint density at radius 1 is 1.12 bits per heavy atom. The van der Waals surface area contributed by atoms with Gasteiger partial charge in [-0.3, -0.25) is 9.36 Å². The molecule has 1 saturated heterocycles. The zero-order chi connectivity index (χ0) is 27.8. The molecule has 4 aromatic rings. The van der Waals surface area contributed by atoms with Gasteiger partial charge in [0, 0.05) is 30.8 Å². The van der Waals surface area contributed by atoms with Crippen LogP contribution >= 0.6 is 11.3 Å². The Kier molecular flexibility index (Phi) is 7.06. The number of esters is 1. The number of benzene rings is 2. The fourth-order valence-electron chi connectivity index (χ4n) is 5.63. The number of thiazole rings is 1. The number of aromatic nitrogens is 1. The first kappa shape index (κ1) is 26.1. The topological polar surface area (TPSA) is 86.3 Å². The monoisotopic (exact) mass is 557 g/mol. The summed E-state index contributed by atoms with van der Waals surface area (Å²) in [5.74, 6) is 1.49. The van der Waals surface area contributed by atoms with E-state index in [2.05, 4.69) is 4.90 Å². The maximum absolute atomic E-state index is 14.1. The van der Waals surface area contributed by atoms with E-state index >= 15 is 0 Å². The SMILES string of the molecule is CCOC(=O)C1=C(C)N=c2sc(=Cc3ccc(N4CCCCC4)o3)c(=O)n2[C@H]1c1c(OC)ccc2ccccc12.